The topological polar surface area (TPSA) is 87.4 Å². The number of nitrogens with two attached hydrogens (primary N) is 1. The van der Waals surface area contributed by atoms with Crippen molar-refractivity contribution in [2.75, 3.05) is 20.1 Å². The quantitative estimate of drug-likeness (QED) is 0.480. The van der Waals surface area contributed by atoms with Crippen LogP contribution in [0.25, 0.3) is 11.3 Å². The molecule has 3 aromatic rings. The van der Waals surface area contributed by atoms with Gasteiger partial charge in [-0.05, 0) is 36.8 Å². The van der Waals surface area contributed by atoms with Gasteiger partial charge in [0.15, 0.2) is 17.5 Å². The number of carbonyl (C=O) groups is 1. The van der Waals surface area contributed by atoms with E-state index in [1.807, 2.05) is 12.1 Å². The molecule has 0 radical (unpaired) electrons. The number of amides is 1. The number of H-pyrrole nitrogens is 1. The molecule has 2 aromatic carbocycles. The van der Waals surface area contributed by atoms with E-state index in [0.717, 1.165) is 23.4 Å². The van der Waals surface area contributed by atoms with Crippen LogP contribution < -0.4 is 5.73 Å². The van der Waals surface area contributed by atoms with Crippen LogP contribution >= 0.6 is 0 Å². The normalized spacial score (nSPS) is 14.8. The summed E-state index contributed by atoms with van der Waals surface area (Å²) in [5.74, 6) is -4.33. The highest BCUT2D eigenvalue weighted by Gasteiger charge is 2.26. The maximum atomic E-state index is 13.7. The summed E-state index contributed by atoms with van der Waals surface area (Å²) in [6, 6.07) is 10.7. The molecule has 164 valence electrons. The minimum absolute atomic E-state index is 0.0916. The second-order valence-electron chi connectivity index (χ2n) is 7.36. The molecular formula is C23H20F3N5O. The van der Waals surface area contributed by atoms with Crippen molar-refractivity contribution >= 4 is 11.6 Å². The summed E-state index contributed by atoms with van der Waals surface area (Å²) < 4.78 is 40.8. The van der Waals surface area contributed by atoms with Crippen LogP contribution in [0.3, 0.4) is 0 Å². The number of halogens is 3. The highest BCUT2D eigenvalue weighted by Crippen LogP contribution is 2.25. The fraction of sp³-hybridized carbons (Fsp3) is 0.174. The number of hydrogen-bond donors (Lipinski definition) is 2. The van der Waals surface area contributed by atoms with Crippen molar-refractivity contribution in [3.63, 3.8) is 0 Å². The van der Waals surface area contributed by atoms with Crippen molar-refractivity contribution < 1.29 is 18.0 Å². The summed E-state index contributed by atoms with van der Waals surface area (Å²) in [5.41, 5.74) is 9.67. The SMILES string of the molecule is CN=C(C1=C(N)CN(C(=O)c2cccc(-c3ccn[nH]3)c2)CC1)c1cc(F)c(F)c(F)c1. The van der Waals surface area contributed by atoms with Crippen molar-refractivity contribution in [3.05, 3.63) is 88.5 Å². The van der Waals surface area contributed by atoms with Crippen LogP contribution in [0.4, 0.5) is 13.2 Å². The van der Waals surface area contributed by atoms with Crippen molar-refractivity contribution in [2.24, 2.45) is 10.7 Å². The minimum atomic E-state index is -1.54. The Morgan fingerprint density at radius 2 is 1.88 bits per heavy atom. The van der Waals surface area contributed by atoms with Crippen molar-refractivity contribution in [1.29, 1.82) is 0 Å². The number of aromatic nitrogens is 2. The Morgan fingerprint density at radius 3 is 2.50 bits per heavy atom. The summed E-state index contributed by atoms with van der Waals surface area (Å²) >= 11 is 0. The average molecular weight is 439 g/mol. The fourth-order valence-corrected chi connectivity index (χ4v) is 3.78. The molecule has 4 rings (SSSR count). The fourth-order valence-electron chi connectivity index (χ4n) is 3.78. The van der Waals surface area contributed by atoms with E-state index in [1.165, 1.54) is 7.05 Å². The zero-order valence-corrected chi connectivity index (χ0v) is 17.2. The van der Waals surface area contributed by atoms with Crippen molar-refractivity contribution in [3.8, 4) is 11.3 Å². The van der Waals surface area contributed by atoms with Crippen LogP contribution in [0.15, 0.2) is 64.9 Å². The Balaban J connectivity index is 1.58. The lowest BCUT2D eigenvalue weighted by Gasteiger charge is -2.30. The van der Waals surface area contributed by atoms with Gasteiger partial charge in [-0.1, -0.05) is 12.1 Å². The molecule has 0 saturated carbocycles. The number of nitrogens with one attached hydrogen (secondary N) is 1. The zero-order valence-electron chi connectivity index (χ0n) is 17.2. The van der Waals surface area contributed by atoms with E-state index in [4.69, 9.17) is 5.73 Å². The number of aromatic amines is 1. The van der Waals surface area contributed by atoms with Gasteiger partial charge in [0.25, 0.3) is 5.91 Å². The molecule has 1 aliphatic heterocycles. The van der Waals surface area contributed by atoms with Gasteiger partial charge < -0.3 is 10.6 Å². The van der Waals surface area contributed by atoms with Gasteiger partial charge >= 0.3 is 0 Å². The molecule has 2 heterocycles. The molecule has 1 aliphatic rings. The van der Waals surface area contributed by atoms with Crippen LogP contribution in [-0.2, 0) is 0 Å². The lowest BCUT2D eigenvalue weighted by atomic mass is 9.94. The van der Waals surface area contributed by atoms with Gasteiger partial charge in [-0.15, -0.1) is 0 Å². The van der Waals surface area contributed by atoms with E-state index in [9.17, 15) is 18.0 Å². The van der Waals surface area contributed by atoms with Gasteiger partial charge in [-0.2, -0.15) is 5.10 Å². The van der Waals surface area contributed by atoms with Gasteiger partial charge in [-0.25, -0.2) is 13.2 Å². The third-order valence-corrected chi connectivity index (χ3v) is 5.36. The molecule has 0 fully saturated rings. The lowest BCUT2D eigenvalue weighted by molar-refractivity contribution is 0.0764. The van der Waals surface area contributed by atoms with Gasteiger partial charge in [0.2, 0.25) is 0 Å². The first kappa shape index (κ1) is 21.4. The van der Waals surface area contributed by atoms with E-state index in [0.29, 0.717) is 29.8 Å². The highest BCUT2D eigenvalue weighted by molar-refractivity contribution is 6.13. The number of nitrogens with zero attached hydrogens (tertiary/aromatic N) is 3. The second-order valence-corrected chi connectivity index (χ2v) is 7.36. The maximum absolute atomic E-state index is 13.7. The molecule has 3 N–H and O–H groups in total. The Labute approximate surface area is 182 Å². The van der Waals surface area contributed by atoms with Gasteiger partial charge in [0.05, 0.1) is 18.0 Å². The largest absolute Gasteiger partial charge is 0.400 e. The van der Waals surface area contributed by atoms with E-state index in [1.54, 1.807) is 29.3 Å². The third kappa shape index (κ3) is 4.01. The molecule has 0 atom stereocenters. The van der Waals surface area contributed by atoms with E-state index >= 15 is 0 Å². The Hall–Kier alpha value is -3.88. The van der Waals surface area contributed by atoms with Gasteiger partial charge in [0.1, 0.15) is 0 Å². The maximum Gasteiger partial charge on any atom is 0.254 e. The van der Waals surface area contributed by atoms with E-state index < -0.39 is 17.5 Å². The molecule has 6 nitrogen and oxygen atoms in total. The van der Waals surface area contributed by atoms with E-state index in [2.05, 4.69) is 15.2 Å². The van der Waals surface area contributed by atoms with Crippen LogP contribution in [0.5, 0.6) is 0 Å². The first-order valence-corrected chi connectivity index (χ1v) is 9.87. The minimum Gasteiger partial charge on any atom is -0.400 e. The van der Waals surface area contributed by atoms with Crippen LogP contribution in [0, 0.1) is 17.5 Å². The molecule has 0 bridgehead atoms. The molecule has 0 spiro atoms. The first-order valence-electron chi connectivity index (χ1n) is 9.87. The predicted molar refractivity (Wildman–Crippen MR) is 115 cm³/mol. The first-order chi connectivity index (χ1) is 15.4. The summed E-state index contributed by atoms with van der Waals surface area (Å²) in [6.07, 6.45) is 1.97. The standard InChI is InChI=1S/C23H20F3N5O/c1-28-22(15-10-17(24)21(26)18(25)11-15)16-6-8-31(12-19(16)27)23(32)14-4-2-3-13(9-14)20-5-7-29-30-20/h2-5,7,9-11H,6,8,12,27H2,1H3,(H,29,30). The molecule has 0 saturated heterocycles. The second kappa shape index (κ2) is 8.70. The molecule has 1 amide bonds. The van der Waals surface area contributed by atoms with Crippen molar-refractivity contribution in [1.82, 2.24) is 15.1 Å². The number of aliphatic imine (C=N–C) groups is 1. The van der Waals surface area contributed by atoms with Crippen LogP contribution in [-0.4, -0.2) is 46.9 Å². The average Bonchev–Trinajstić information content (AvgIpc) is 3.33. The molecule has 9 heteroatoms. The van der Waals surface area contributed by atoms with Gasteiger partial charge in [0, 0.05) is 47.7 Å². The summed E-state index contributed by atoms with van der Waals surface area (Å²) in [4.78, 5) is 18.8. The third-order valence-electron chi connectivity index (χ3n) is 5.36. The van der Waals surface area contributed by atoms with E-state index in [-0.39, 0.29) is 23.7 Å². The Morgan fingerprint density at radius 1 is 1.12 bits per heavy atom. The Kier molecular flexibility index (Phi) is 5.81. The lowest BCUT2D eigenvalue weighted by Crippen LogP contribution is -2.40. The number of benzene rings is 2. The van der Waals surface area contributed by atoms with Crippen molar-refractivity contribution in [2.45, 2.75) is 6.42 Å². The zero-order chi connectivity index (χ0) is 22.8. The summed E-state index contributed by atoms with van der Waals surface area (Å²) in [5, 5.41) is 6.79. The van der Waals surface area contributed by atoms with Crippen LogP contribution in [0.2, 0.25) is 0 Å². The highest BCUT2D eigenvalue weighted by atomic mass is 19.2. The molecule has 32 heavy (non-hydrogen) atoms. The molecular weight excluding hydrogens is 419 g/mol. The number of rotatable bonds is 4. The predicted octanol–water partition coefficient (Wildman–Crippen LogP) is 3.67. The number of carbonyl (C=O) groups excluding carboxylic acids is 1. The summed E-state index contributed by atoms with van der Waals surface area (Å²) in [7, 11) is 1.47. The molecule has 1 aromatic heterocycles. The van der Waals surface area contributed by atoms with Gasteiger partial charge in [-0.3, -0.25) is 14.9 Å². The smallest absolute Gasteiger partial charge is 0.254 e. The monoisotopic (exact) mass is 439 g/mol. The molecule has 0 unspecified atom stereocenters. The number of hydrogen-bond acceptors (Lipinski definition) is 4. The Bertz CT molecular complexity index is 1210. The van der Waals surface area contributed by atoms with Crippen LogP contribution in [0.1, 0.15) is 22.3 Å². The summed E-state index contributed by atoms with van der Waals surface area (Å²) in [6.45, 7) is 0.474. The molecule has 0 aliphatic carbocycles.